The van der Waals surface area contributed by atoms with Crippen molar-refractivity contribution in [1.29, 1.82) is 0 Å². The lowest BCUT2D eigenvalue weighted by molar-refractivity contribution is -0.184. The molecule has 2 aromatic carbocycles. The van der Waals surface area contributed by atoms with Crippen LogP contribution in [0, 0.1) is 28.6 Å². The SMILES string of the molecule is CC12CCC(=O)C=C1CCC1C2C(O)CC2(C)C1CCC2(O)C(=O)COC(=O)Cc1ccccc1N=Nc1ccc(O)cc1. The fourth-order valence-corrected chi connectivity index (χ4v) is 9.01. The van der Waals surface area contributed by atoms with Gasteiger partial charge in [-0.15, -0.1) is 0 Å². The highest BCUT2D eigenvalue weighted by Crippen LogP contribution is 2.67. The molecule has 0 heterocycles. The van der Waals surface area contributed by atoms with E-state index in [0.29, 0.717) is 29.8 Å². The molecule has 3 fully saturated rings. The standard InChI is InChI=1S/C35H40N2O7/c1-33-15-13-25(39)18-22(33)7-12-26-27-14-16-35(43,34(27,2)19-29(40)32(26)33)30(41)20-44-31(42)17-21-5-3-4-6-28(21)37-36-23-8-10-24(38)11-9-23/h3-6,8-11,18,26-27,29,32,38,40,43H,7,12-17,19-20H2,1-2H3. The maximum absolute atomic E-state index is 13.6. The van der Waals surface area contributed by atoms with E-state index in [4.69, 9.17) is 4.74 Å². The topological polar surface area (TPSA) is 146 Å². The predicted molar refractivity (Wildman–Crippen MR) is 161 cm³/mol. The number of carbonyl (C=O) groups is 3. The highest BCUT2D eigenvalue weighted by Gasteiger charge is 2.68. The zero-order valence-electron chi connectivity index (χ0n) is 25.2. The zero-order valence-corrected chi connectivity index (χ0v) is 25.2. The summed E-state index contributed by atoms with van der Waals surface area (Å²) in [5, 5.41) is 41.4. The summed E-state index contributed by atoms with van der Waals surface area (Å²) >= 11 is 0. The first-order valence-electron chi connectivity index (χ1n) is 15.6. The number of esters is 1. The molecule has 4 aliphatic carbocycles. The number of phenolic OH excluding ortho intramolecular Hbond substituents is 1. The molecule has 0 saturated heterocycles. The van der Waals surface area contributed by atoms with Gasteiger partial charge < -0.3 is 20.1 Å². The number of phenols is 1. The fraction of sp³-hybridized carbons (Fsp3) is 0.514. The van der Waals surface area contributed by atoms with Crippen molar-refractivity contribution in [2.75, 3.05) is 6.61 Å². The van der Waals surface area contributed by atoms with Gasteiger partial charge in [0.15, 0.2) is 12.4 Å². The first kappa shape index (κ1) is 30.3. The lowest BCUT2D eigenvalue weighted by Gasteiger charge is -2.60. The Kier molecular flexibility index (Phi) is 7.82. The van der Waals surface area contributed by atoms with Crippen LogP contribution in [0.3, 0.4) is 0 Å². The van der Waals surface area contributed by atoms with Crippen LogP contribution >= 0.6 is 0 Å². The Morgan fingerprint density at radius 3 is 2.52 bits per heavy atom. The number of nitrogens with zero attached hydrogens (tertiary/aromatic N) is 2. The Labute approximate surface area is 257 Å². The quantitative estimate of drug-likeness (QED) is 0.273. The number of ether oxygens (including phenoxy) is 1. The minimum absolute atomic E-state index is 0.0183. The van der Waals surface area contributed by atoms with Gasteiger partial charge >= 0.3 is 5.97 Å². The second-order valence-electron chi connectivity index (χ2n) is 13.6. The van der Waals surface area contributed by atoms with Crippen LogP contribution in [0.25, 0.3) is 0 Å². The Balaban J connectivity index is 1.12. The van der Waals surface area contributed by atoms with E-state index in [0.717, 1.165) is 24.8 Å². The summed E-state index contributed by atoms with van der Waals surface area (Å²) < 4.78 is 5.42. The van der Waals surface area contributed by atoms with Gasteiger partial charge in [-0.3, -0.25) is 14.4 Å². The fourth-order valence-electron chi connectivity index (χ4n) is 9.01. The molecule has 3 saturated carbocycles. The molecular formula is C35H40N2O7. The molecule has 3 N–H and O–H groups in total. The Hall–Kier alpha value is -3.69. The summed E-state index contributed by atoms with van der Waals surface area (Å²) in [6.07, 6.45) is 4.98. The largest absolute Gasteiger partial charge is 0.508 e. The number of hydrogen-bond acceptors (Lipinski definition) is 9. The number of benzene rings is 2. The second kappa shape index (κ2) is 11.3. The number of rotatable bonds is 7. The molecule has 4 aliphatic rings. The summed E-state index contributed by atoms with van der Waals surface area (Å²) in [4.78, 5) is 38.6. The highest BCUT2D eigenvalue weighted by atomic mass is 16.5. The van der Waals surface area contributed by atoms with Crippen molar-refractivity contribution in [2.24, 2.45) is 38.8 Å². The van der Waals surface area contributed by atoms with Crippen molar-refractivity contribution in [3.05, 3.63) is 65.7 Å². The van der Waals surface area contributed by atoms with Gasteiger partial charge in [0.1, 0.15) is 11.4 Å². The van der Waals surface area contributed by atoms with Crippen molar-refractivity contribution in [1.82, 2.24) is 0 Å². The Morgan fingerprint density at radius 1 is 1.00 bits per heavy atom. The number of hydrogen-bond donors (Lipinski definition) is 3. The third-order valence-corrected chi connectivity index (χ3v) is 11.3. The van der Waals surface area contributed by atoms with Crippen molar-refractivity contribution < 1.29 is 34.4 Å². The third kappa shape index (κ3) is 5.09. The van der Waals surface area contributed by atoms with Crippen molar-refractivity contribution in [3.63, 3.8) is 0 Å². The zero-order chi connectivity index (χ0) is 31.3. The summed E-state index contributed by atoms with van der Waals surface area (Å²) in [5.41, 5.74) is -0.0884. The van der Waals surface area contributed by atoms with E-state index >= 15 is 0 Å². The van der Waals surface area contributed by atoms with Crippen LogP contribution in [-0.2, 0) is 25.5 Å². The van der Waals surface area contributed by atoms with E-state index in [-0.39, 0.29) is 54.0 Å². The molecule has 0 aromatic heterocycles. The number of ketones is 2. The number of aromatic hydroxyl groups is 1. The van der Waals surface area contributed by atoms with Crippen LogP contribution in [0.15, 0.2) is 70.4 Å². The summed E-state index contributed by atoms with van der Waals surface area (Å²) in [7, 11) is 0. The molecule has 0 spiro atoms. The summed E-state index contributed by atoms with van der Waals surface area (Å²) in [6.45, 7) is 3.54. The van der Waals surface area contributed by atoms with Gasteiger partial charge in [-0.05, 0) is 104 Å². The van der Waals surface area contributed by atoms with Gasteiger partial charge in [0, 0.05) is 11.8 Å². The van der Waals surface area contributed by atoms with Crippen molar-refractivity contribution in [2.45, 2.75) is 76.9 Å². The number of aliphatic hydroxyl groups is 2. The minimum Gasteiger partial charge on any atom is -0.508 e. The molecule has 9 heteroatoms. The van der Waals surface area contributed by atoms with Gasteiger partial charge in [0.25, 0.3) is 0 Å². The first-order valence-corrected chi connectivity index (χ1v) is 15.6. The minimum atomic E-state index is -1.71. The molecule has 44 heavy (non-hydrogen) atoms. The van der Waals surface area contributed by atoms with Gasteiger partial charge in [0.2, 0.25) is 5.78 Å². The summed E-state index contributed by atoms with van der Waals surface area (Å²) in [5.74, 6) is -0.719. The van der Waals surface area contributed by atoms with E-state index in [1.807, 2.05) is 6.92 Å². The van der Waals surface area contributed by atoms with Gasteiger partial charge in [-0.25, -0.2) is 0 Å². The van der Waals surface area contributed by atoms with Crippen LogP contribution < -0.4 is 0 Å². The number of Topliss-reactive ketones (excluding diaryl/α,β-unsaturated/α-hetero) is 1. The predicted octanol–water partition coefficient (Wildman–Crippen LogP) is 5.70. The van der Waals surface area contributed by atoms with E-state index in [1.165, 1.54) is 12.1 Å². The Bertz CT molecular complexity index is 1530. The molecule has 0 aliphatic heterocycles. The van der Waals surface area contributed by atoms with Crippen LogP contribution in [0.2, 0.25) is 0 Å². The molecule has 0 bridgehead atoms. The van der Waals surface area contributed by atoms with Crippen molar-refractivity contribution in [3.8, 4) is 5.75 Å². The number of fused-ring (bicyclic) bond motifs is 5. The lowest BCUT2D eigenvalue weighted by Crippen LogP contribution is -2.62. The average molecular weight is 601 g/mol. The molecule has 0 radical (unpaired) electrons. The van der Waals surface area contributed by atoms with Crippen LogP contribution in [0.4, 0.5) is 11.4 Å². The van der Waals surface area contributed by atoms with Gasteiger partial charge in [-0.1, -0.05) is 37.6 Å². The number of aliphatic hydroxyl groups excluding tert-OH is 1. The molecule has 232 valence electrons. The van der Waals surface area contributed by atoms with E-state index < -0.39 is 35.5 Å². The molecule has 2 aromatic rings. The van der Waals surface area contributed by atoms with Gasteiger partial charge in [0.05, 0.1) is 23.9 Å². The van der Waals surface area contributed by atoms with Crippen LogP contribution in [-0.4, -0.2) is 51.2 Å². The molecule has 6 rings (SSSR count). The lowest BCUT2D eigenvalue weighted by atomic mass is 9.45. The van der Waals surface area contributed by atoms with E-state index in [1.54, 1.807) is 42.5 Å². The van der Waals surface area contributed by atoms with E-state index in [2.05, 4.69) is 17.2 Å². The van der Waals surface area contributed by atoms with Gasteiger partial charge in [-0.2, -0.15) is 10.2 Å². The summed E-state index contributed by atoms with van der Waals surface area (Å²) in [6, 6.07) is 13.2. The van der Waals surface area contributed by atoms with Crippen LogP contribution in [0.5, 0.6) is 5.75 Å². The van der Waals surface area contributed by atoms with Crippen molar-refractivity contribution >= 4 is 28.9 Å². The van der Waals surface area contributed by atoms with Crippen LogP contribution in [0.1, 0.15) is 64.4 Å². The number of azo groups is 1. The molecule has 9 nitrogen and oxygen atoms in total. The smallest absolute Gasteiger partial charge is 0.310 e. The number of allylic oxidation sites excluding steroid dienone is 1. The molecule has 7 atom stereocenters. The third-order valence-electron chi connectivity index (χ3n) is 11.3. The maximum atomic E-state index is 13.6. The molecule has 7 unspecified atom stereocenters. The monoisotopic (exact) mass is 600 g/mol. The second-order valence-corrected chi connectivity index (χ2v) is 13.6. The Morgan fingerprint density at radius 2 is 1.75 bits per heavy atom. The highest BCUT2D eigenvalue weighted by molar-refractivity contribution is 5.92. The number of carbonyl (C=O) groups excluding carboxylic acids is 3. The first-order chi connectivity index (χ1) is 20.9. The average Bonchev–Trinajstić information content (AvgIpc) is 3.27. The molecule has 0 amide bonds. The normalized spacial score (nSPS) is 34.5. The molecular weight excluding hydrogens is 560 g/mol. The maximum Gasteiger partial charge on any atom is 0.310 e. The van der Waals surface area contributed by atoms with E-state index in [9.17, 15) is 29.7 Å².